The fourth-order valence-electron chi connectivity index (χ4n) is 4.19. The van der Waals surface area contributed by atoms with Crippen molar-refractivity contribution >= 4 is 34.1 Å². The number of nitrogens with zero attached hydrogens (tertiary/aromatic N) is 1. The topological polar surface area (TPSA) is 49.8 Å². The van der Waals surface area contributed by atoms with Crippen LogP contribution in [-0.2, 0) is 24.2 Å². The van der Waals surface area contributed by atoms with Gasteiger partial charge in [-0.1, -0.05) is 28.8 Å². The lowest BCUT2D eigenvalue weighted by Crippen LogP contribution is -2.34. The van der Waals surface area contributed by atoms with Crippen molar-refractivity contribution in [3.8, 4) is 0 Å². The molecular formula is C19H21BrFN3OS. The van der Waals surface area contributed by atoms with Crippen molar-refractivity contribution < 1.29 is 9.18 Å². The van der Waals surface area contributed by atoms with Crippen molar-refractivity contribution in [2.24, 2.45) is 0 Å². The van der Waals surface area contributed by atoms with Crippen LogP contribution in [0.25, 0.3) is 0 Å². The number of imidazole rings is 1. The van der Waals surface area contributed by atoms with Gasteiger partial charge in [-0.25, -0.2) is 4.39 Å². The zero-order valence-electron chi connectivity index (χ0n) is 14.4. The highest BCUT2D eigenvalue weighted by Gasteiger charge is 2.29. The maximum Gasteiger partial charge on any atom is 0.226 e. The van der Waals surface area contributed by atoms with Crippen LogP contribution < -0.4 is 5.32 Å². The van der Waals surface area contributed by atoms with Crippen LogP contribution in [0.2, 0.25) is 0 Å². The van der Waals surface area contributed by atoms with Gasteiger partial charge in [0, 0.05) is 34.4 Å². The van der Waals surface area contributed by atoms with Crippen LogP contribution >= 0.6 is 28.1 Å². The van der Waals surface area contributed by atoms with Gasteiger partial charge < -0.3 is 14.9 Å². The number of amides is 1. The number of rotatable bonds is 4. The number of benzene rings is 1. The first-order chi connectivity index (χ1) is 12.5. The molecule has 0 radical (unpaired) electrons. The number of hydrogen-bond acceptors (Lipinski definition) is 2. The fraction of sp³-hybridized carbons (Fsp3) is 0.474. The van der Waals surface area contributed by atoms with Gasteiger partial charge >= 0.3 is 0 Å². The number of aromatic amines is 1. The van der Waals surface area contributed by atoms with Crippen molar-refractivity contribution in [2.45, 2.75) is 57.0 Å². The predicted molar refractivity (Wildman–Crippen MR) is 104 cm³/mol. The van der Waals surface area contributed by atoms with E-state index in [2.05, 4.69) is 26.2 Å². The molecule has 1 aromatic heterocycles. The Hall–Kier alpha value is -1.47. The van der Waals surface area contributed by atoms with Crippen LogP contribution in [-0.4, -0.2) is 21.5 Å². The monoisotopic (exact) mass is 437 g/mol. The molecule has 1 aliphatic carbocycles. The number of H-pyrrole nitrogens is 1. The number of nitrogens with one attached hydrogen (secondary N) is 2. The molecule has 4 nitrogen and oxygen atoms in total. The second kappa shape index (κ2) is 7.27. The number of fused-ring (bicyclic) bond motifs is 1. The van der Waals surface area contributed by atoms with Crippen LogP contribution in [0.1, 0.15) is 48.6 Å². The standard InChI is InChI=1S/C19H21BrFN3OS/c20-12-5-6-15(21)14(8-12)11-7-17-16(23-19(26)24(17)10-11)9-18(25)22-13-3-1-2-4-13/h5-6,8,11,13H,1-4,7,9-10H2,(H,22,25)(H,23,26). The average molecular weight is 438 g/mol. The molecule has 2 N–H and O–H groups in total. The molecule has 2 heterocycles. The van der Waals surface area contributed by atoms with Crippen LogP contribution in [0.3, 0.4) is 0 Å². The van der Waals surface area contributed by atoms with Gasteiger partial charge in [-0.3, -0.25) is 4.79 Å². The SMILES string of the molecule is O=C(Cc1[nH]c(=S)n2c1CC(c1cc(Br)ccc1F)C2)NC1CCCC1. The third-order valence-electron chi connectivity index (χ3n) is 5.48. The number of carbonyl (C=O) groups excluding carboxylic acids is 1. The Balaban J connectivity index is 1.52. The number of halogens is 2. The van der Waals surface area contributed by atoms with Crippen molar-refractivity contribution in [3.63, 3.8) is 0 Å². The summed E-state index contributed by atoms with van der Waals surface area (Å²) < 4.78 is 17.8. The fourth-order valence-corrected chi connectivity index (χ4v) is 4.88. The van der Waals surface area contributed by atoms with E-state index in [1.165, 1.54) is 18.9 Å². The third-order valence-corrected chi connectivity index (χ3v) is 6.29. The molecule has 4 rings (SSSR count). The van der Waals surface area contributed by atoms with Gasteiger partial charge in [0.2, 0.25) is 5.91 Å². The Labute approximate surface area is 165 Å². The lowest BCUT2D eigenvalue weighted by atomic mass is 9.96. The van der Waals surface area contributed by atoms with Crippen molar-refractivity contribution in [2.75, 3.05) is 0 Å². The first kappa shape index (κ1) is 17.9. The molecule has 2 aromatic rings. The van der Waals surface area contributed by atoms with E-state index >= 15 is 0 Å². The molecular weight excluding hydrogens is 417 g/mol. The molecule has 7 heteroatoms. The highest BCUT2D eigenvalue weighted by Crippen LogP contribution is 2.34. The molecule has 0 spiro atoms. The molecule has 1 unspecified atom stereocenters. The van der Waals surface area contributed by atoms with Crippen LogP contribution in [0.4, 0.5) is 4.39 Å². The van der Waals surface area contributed by atoms with Gasteiger partial charge in [-0.15, -0.1) is 0 Å². The first-order valence-electron chi connectivity index (χ1n) is 9.06. The molecule has 138 valence electrons. The minimum absolute atomic E-state index is 0.0358. The minimum Gasteiger partial charge on any atom is -0.353 e. The molecule has 1 aliphatic heterocycles. The summed E-state index contributed by atoms with van der Waals surface area (Å²) in [6.07, 6.45) is 5.51. The summed E-state index contributed by atoms with van der Waals surface area (Å²) in [5.41, 5.74) is 2.59. The van der Waals surface area contributed by atoms with Crippen LogP contribution in [0, 0.1) is 10.6 Å². The molecule has 0 saturated heterocycles. The molecule has 26 heavy (non-hydrogen) atoms. The number of aromatic nitrogens is 2. The Morgan fingerprint density at radius 1 is 1.38 bits per heavy atom. The van der Waals surface area contributed by atoms with Gasteiger partial charge in [-0.2, -0.15) is 0 Å². The van der Waals surface area contributed by atoms with E-state index in [9.17, 15) is 9.18 Å². The Bertz CT molecular complexity index is 901. The molecule has 1 fully saturated rings. The zero-order valence-corrected chi connectivity index (χ0v) is 16.8. The van der Waals surface area contributed by atoms with E-state index in [1.807, 2.05) is 10.6 Å². The third kappa shape index (κ3) is 3.51. The summed E-state index contributed by atoms with van der Waals surface area (Å²) in [7, 11) is 0. The molecule has 2 aliphatic rings. The van der Waals surface area contributed by atoms with Crippen molar-refractivity contribution in [1.82, 2.24) is 14.9 Å². The van der Waals surface area contributed by atoms with Gasteiger partial charge in [0.25, 0.3) is 0 Å². The molecule has 1 amide bonds. The normalized spacial score (nSPS) is 19.7. The van der Waals surface area contributed by atoms with E-state index in [-0.39, 0.29) is 17.6 Å². The Morgan fingerprint density at radius 3 is 2.92 bits per heavy atom. The Kier molecular flexibility index (Phi) is 5.01. The maximum atomic E-state index is 14.3. The number of carbonyl (C=O) groups is 1. The second-order valence-corrected chi connectivity index (χ2v) is 8.56. The lowest BCUT2D eigenvalue weighted by Gasteiger charge is -2.12. The number of hydrogen-bond donors (Lipinski definition) is 2. The van der Waals surface area contributed by atoms with E-state index in [0.29, 0.717) is 35.8 Å². The summed E-state index contributed by atoms with van der Waals surface area (Å²) in [4.78, 5) is 15.6. The van der Waals surface area contributed by atoms with Crippen LogP contribution in [0.15, 0.2) is 22.7 Å². The highest BCUT2D eigenvalue weighted by molar-refractivity contribution is 9.10. The highest BCUT2D eigenvalue weighted by atomic mass is 79.9. The summed E-state index contributed by atoms with van der Waals surface area (Å²) in [6.45, 7) is 0.641. The smallest absolute Gasteiger partial charge is 0.226 e. The lowest BCUT2D eigenvalue weighted by molar-refractivity contribution is -0.121. The first-order valence-corrected chi connectivity index (χ1v) is 10.3. The van der Waals surface area contributed by atoms with E-state index in [4.69, 9.17) is 12.2 Å². The second-order valence-electron chi connectivity index (χ2n) is 7.26. The molecule has 1 aromatic carbocycles. The molecule has 0 bridgehead atoms. The predicted octanol–water partition coefficient (Wildman–Crippen LogP) is 4.39. The summed E-state index contributed by atoms with van der Waals surface area (Å²) in [6, 6.07) is 5.35. The van der Waals surface area contributed by atoms with E-state index in [0.717, 1.165) is 28.7 Å². The van der Waals surface area contributed by atoms with Gasteiger partial charge in [-0.05, 0) is 55.2 Å². The van der Waals surface area contributed by atoms with Gasteiger partial charge in [0.1, 0.15) is 5.82 Å². The van der Waals surface area contributed by atoms with Crippen LogP contribution in [0.5, 0.6) is 0 Å². The molecule has 1 atom stereocenters. The maximum absolute atomic E-state index is 14.3. The zero-order chi connectivity index (χ0) is 18.3. The largest absolute Gasteiger partial charge is 0.353 e. The minimum atomic E-state index is -0.195. The van der Waals surface area contributed by atoms with Gasteiger partial charge in [0.15, 0.2) is 4.77 Å². The average Bonchev–Trinajstić information content (AvgIpc) is 3.30. The summed E-state index contributed by atoms with van der Waals surface area (Å²) in [5.74, 6) is -0.122. The van der Waals surface area contributed by atoms with E-state index < -0.39 is 0 Å². The van der Waals surface area contributed by atoms with Gasteiger partial charge in [0.05, 0.1) is 6.42 Å². The molecule has 1 saturated carbocycles. The van der Waals surface area contributed by atoms with E-state index in [1.54, 1.807) is 6.07 Å². The summed E-state index contributed by atoms with van der Waals surface area (Å²) in [5, 5.41) is 3.12. The quantitative estimate of drug-likeness (QED) is 0.696. The summed E-state index contributed by atoms with van der Waals surface area (Å²) >= 11 is 8.85. The van der Waals surface area contributed by atoms with Crippen molar-refractivity contribution in [1.29, 1.82) is 0 Å². The Morgan fingerprint density at radius 2 is 2.15 bits per heavy atom. The van der Waals surface area contributed by atoms with Crippen molar-refractivity contribution in [3.05, 3.63) is 50.2 Å².